The molecular formula is C23H28N2O2. The molecule has 0 heterocycles. The van der Waals surface area contributed by atoms with E-state index in [-0.39, 0.29) is 0 Å². The third-order valence-electron chi connectivity index (χ3n) is 4.52. The lowest BCUT2D eigenvalue weighted by molar-refractivity contribution is 0.564. The van der Waals surface area contributed by atoms with E-state index in [0.717, 1.165) is 65.6 Å². The van der Waals surface area contributed by atoms with Gasteiger partial charge in [0.05, 0.1) is 11.4 Å². The number of carbonyl (C=O) groups excluding carboxylic acids is 2. The molecule has 142 valence electrons. The molecule has 0 fully saturated rings. The molecule has 0 N–H and O–H groups in total. The monoisotopic (exact) mass is 364 g/mol. The van der Waals surface area contributed by atoms with Crippen molar-refractivity contribution in [1.29, 1.82) is 0 Å². The first kappa shape index (κ1) is 22.2. The van der Waals surface area contributed by atoms with Crippen LogP contribution in [-0.2, 0) is 28.9 Å². The molecule has 1 rings (SSSR count). The Morgan fingerprint density at radius 1 is 1.04 bits per heavy atom. The molecule has 1 aromatic rings. The Kier molecular flexibility index (Phi) is 9.68. The number of benzene rings is 1. The predicted molar refractivity (Wildman–Crippen MR) is 111 cm³/mol. The van der Waals surface area contributed by atoms with E-state index < -0.39 is 0 Å². The molecule has 0 unspecified atom stereocenters. The Hall–Kier alpha value is -2.80. The highest BCUT2D eigenvalue weighted by Crippen LogP contribution is 2.28. The van der Waals surface area contributed by atoms with E-state index in [1.54, 1.807) is 12.2 Å². The van der Waals surface area contributed by atoms with Gasteiger partial charge in [-0.1, -0.05) is 58.6 Å². The quantitative estimate of drug-likeness (QED) is 0.297. The number of hydrogen-bond donors (Lipinski definition) is 0. The minimum absolute atomic E-state index is 0.630. The van der Waals surface area contributed by atoms with Crippen LogP contribution in [0, 0.1) is 0 Å². The van der Waals surface area contributed by atoms with Gasteiger partial charge in [-0.15, -0.1) is 0 Å². The van der Waals surface area contributed by atoms with E-state index in [1.165, 1.54) is 0 Å². The molecule has 0 saturated heterocycles. The topological polar surface area (TPSA) is 58.9 Å². The van der Waals surface area contributed by atoms with Crippen molar-refractivity contribution in [3.05, 3.63) is 64.4 Å². The van der Waals surface area contributed by atoms with E-state index >= 15 is 0 Å². The maximum atomic E-state index is 10.8. The van der Waals surface area contributed by atoms with E-state index in [1.807, 2.05) is 19.9 Å². The molecule has 4 nitrogen and oxygen atoms in total. The SMILES string of the molecule is C=C(CC)C(N=C=O)=C(C=CCc1cc(CC)c(N=C=O)c(CC)c1)CC. The zero-order valence-electron chi connectivity index (χ0n) is 16.8. The highest BCUT2D eigenvalue weighted by molar-refractivity contribution is 5.60. The second-order valence-corrected chi connectivity index (χ2v) is 6.17. The number of rotatable bonds is 10. The number of hydrogen-bond acceptors (Lipinski definition) is 4. The zero-order chi connectivity index (χ0) is 20.2. The highest BCUT2D eigenvalue weighted by Gasteiger charge is 2.09. The van der Waals surface area contributed by atoms with Crippen molar-refractivity contribution in [3.8, 4) is 0 Å². The van der Waals surface area contributed by atoms with Crippen molar-refractivity contribution < 1.29 is 9.59 Å². The Morgan fingerprint density at radius 3 is 2.11 bits per heavy atom. The first-order valence-electron chi connectivity index (χ1n) is 9.44. The summed E-state index contributed by atoms with van der Waals surface area (Å²) in [6, 6.07) is 4.18. The molecule has 0 saturated carbocycles. The molecule has 1 aromatic carbocycles. The molecule has 0 aliphatic rings. The van der Waals surface area contributed by atoms with Crippen LogP contribution in [-0.4, -0.2) is 12.2 Å². The fourth-order valence-electron chi connectivity index (χ4n) is 2.97. The Labute approximate surface area is 162 Å². The van der Waals surface area contributed by atoms with Gasteiger partial charge in [-0.3, -0.25) is 0 Å². The third kappa shape index (κ3) is 6.14. The number of aliphatic imine (C=N–C) groups is 2. The lowest BCUT2D eigenvalue weighted by Crippen LogP contribution is -1.94. The van der Waals surface area contributed by atoms with E-state index in [2.05, 4.69) is 48.6 Å². The Bertz CT molecular complexity index is 809. The molecule has 0 aliphatic heterocycles. The van der Waals surface area contributed by atoms with Crippen LogP contribution >= 0.6 is 0 Å². The largest absolute Gasteiger partial charge is 0.240 e. The second-order valence-electron chi connectivity index (χ2n) is 6.17. The van der Waals surface area contributed by atoms with Crippen LogP contribution in [0.1, 0.15) is 57.2 Å². The molecule has 0 spiro atoms. The van der Waals surface area contributed by atoms with Crippen LogP contribution in [0.3, 0.4) is 0 Å². The molecule has 27 heavy (non-hydrogen) atoms. The standard InChI is InChI=1S/C23H28N2O2/c1-6-17(5)22(24-15-26)19(7-2)12-10-11-18-13-20(8-3)23(25-16-27)21(9-4)14-18/h10,12-14H,5-9,11H2,1-4H3. The fourth-order valence-corrected chi connectivity index (χ4v) is 2.97. The normalized spacial score (nSPS) is 11.6. The summed E-state index contributed by atoms with van der Waals surface area (Å²) in [6.07, 6.45) is 11.2. The molecule has 0 aromatic heterocycles. The Balaban J connectivity index is 3.23. The van der Waals surface area contributed by atoms with Gasteiger partial charge in [-0.05, 0) is 59.9 Å². The van der Waals surface area contributed by atoms with Crippen LogP contribution in [0.15, 0.2) is 57.7 Å². The van der Waals surface area contributed by atoms with E-state index in [9.17, 15) is 9.59 Å². The summed E-state index contributed by atoms with van der Waals surface area (Å²) in [5.41, 5.74) is 6.45. The van der Waals surface area contributed by atoms with Gasteiger partial charge in [0.25, 0.3) is 0 Å². The van der Waals surface area contributed by atoms with Gasteiger partial charge in [-0.2, -0.15) is 9.98 Å². The number of isocyanates is 2. The lowest BCUT2D eigenvalue weighted by Gasteiger charge is -2.11. The molecule has 0 radical (unpaired) electrons. The summed E-state index contributed by atoms with van der Waals surface area (Å²) in [5.74, 6) is 0. The average molecular weight is 364 g/mol. The molecule has 0 bridgehead atoms. The Morgan fingerprint density at radius 2 is 1.67 bits per heavy atom. The van der Waals surface area contributed by atoms with E-state index in [4.69, 9.17) is 0 Å². The van der Waals surface area contributed by atoms with Gasteiger partial charge < -0.3 is 0 Å². The smallest absolute Gasteiger partial charge is 0.211 e. The van der Waals surface area contributed by atoms with Crippen molar-refractivity contribution >= 4 is 17.8 Å². The van der Waals surface area contributed by atoms with Gasteiger partial charge in [0.15, 0.2) is 0 Å². The number of nitrogens with zero attached hydrogens (tertiary/aromatic N) is 2. The zero-order valence-corrected chi connectivity index (χ0v) is 16.8. The van der Waals surface area contributed by atoms with Crippen LogP contribution < -0.4 is 0 Å². The minimum Gasteiger partial charge on any atom is -0.211 e. The van der Waals surface area contributed by atoms with Crippen molar-refractivity contribution in [2.75, 3.05) is 0 Å². The van der Waals surface area contributed by atoms with Crippen molar-refractivity contribution in [2.24, 2.45) is 9.98 Å². The van der Waals surface area contributed by atoms with Crippen LogP contribution in [0.4, 0.5) is 5.69 Å². The summed E-state index contributed by atoms with van der Waals surface area (Å²) >= 11 is 0. The summed E-state index contributed by atoms with van der Waals surface area (Å²) in [7, 11) is 0. The fraction of sp³-hybridized carbons (Fsp3) is 0.391. The molecule has 0 aliphatic carbocycles. The maximum absolute atomic E-state index is 10.8. The summed E-state index contributed by atoms with van der Waals surface area (Å²) < 4.78 is 0. The van der Waals surface area contributed by atoms with E-state index in [0.29, 0.717) is 5.70 Å². The van der Waals surface area contributed by atoms with Gasteiger partial charge in [-0.25, -0.2) is 9.59 Å². The molecular weight excluding hydrogens is 336 g/mol. The summed E-state index contributed by atoms with van der Waals surface area (Å²) in [6.45, 7) is 12.1. The van der Waals surface area contributed by atoms with Crippen molar-refractivity contribution in [2.45, 2.75) is 59.8 Å². The molecule has 4 heteroatoms. The van der Waals surface area contributed by atoms with Crippen LogP contribution in [0.5, 0.6) is 0 Å². The first-order valence-corrected chi connectivity index (χ1v) is 9.44. The lowest BCUT2D eigenvalue weighted by atomic mass is 9.97. The maximum Gasteiger partial charge on any atom is 0.240 e. The van der Waals surface area contributed by atoms with Gasteiger partial charge in [0, 0.05) is 0 Å². The number of allylic oxidation sites excluding steroid dienone is 4. The summed E-state index contributed by atoms with van der Waals surface area (Å²) in [5, 5.41) is 0. The van der Waals surface area contributed by atoms with Gasteiger partial charge >= 0.3 is 0 Å². The highest BCUT2D eigenvalue weighted by atomic mass is 16.1. The average Bonchev–Trinajstić information content (AvgIpc) is 2.69. The number of aryl methyl sites for hydroxylation is 2. The first-order chi connectivity index (χ1) is 13.1. The molecule has 0 atom stereocenters. The third-order valence-corrected chi connectivity index (χ3v) is 4.52. The summed E-state index contributed by atoms with van der Waals surface area (Å²) in [4.78, 5) is 29.2. The van der Waals surface area contributed by atoms with Gasteiger partial charge in [0.2, 0.25) is 12.2 Å². The van der Waals surface area contributed by atoms with Crippen LogP contribution in [0.2, 0.25) is 0 Å². The van der Waals surface area contributed by atoms with Crippen molar-refractivity contribution in [1.82, 2.24) is 0 Å². The van der Waals surface area contributed by atoms with Crippen LogP contribution in [0.25, 0.3) is 0 Å². The van der Waals surface area contributed by atoms with Gasteiger partial charge in [0.1, 0.15) is 0 Å². The van der Waals surface area contributed by atoms with Crippen molar-refractivity contribution in [3.63, 3.8) is 0 Å². The second kappa shape index (κ2) is 11.7. The minimum atomic E-state index is 0.630. The predicted octanol–water partition coefficient (Wildman–Crippen LogP) is 5.84. The molecule has 0 amide bonds.